The van der Waals surface area contributed by atoms with Gasteiger partial charge < -0.3 is 13.6 Å². The SMILES string of the molecule is CC1(C)c2ccccc2-c2c1ccc1c2c2cc(-c3ccc4c5c6oc7ccccc7c6ccc5n(C5=CC=CCC5)c4c3)ccc2n1-c1ccccc1. The van der Waals surface area contributed by atoms with Crippen LogP contribution in [0.3, 0.4) is 0 Å². The Bertz CT molecular complexity index is 3290. The van der Waals surface area contributed by atoms with Gasteiger partial charge in [-0.15, -0.1) is 0 Å². The summed E-state index contributed by atoms with van der Waals surface area (Å²) in [5.41, 5.74) is 17.1. The molecule has 2 aliphatic rings. The molecule has 3 heteroatoms. The van der Waals surface area contributed by atoms with Gasteiger partial charge in [0, 0.05) is 43.7 Å². The summed E-state index contributed by atoms with van der Waals surface area (Å²) in [6, 6.07) is 51.6. The van der Waals surface area contributed by atoms with Crippen molar-refractivity contribution in [1.29, 1.82) is 0 Å². The molecule has 0 unspecified atom stereocenters. The molecule has 256 valence electrons. The second-order valence-electron chi connectivity index (χ2n) is 15.6. The lowest BCUT2D eigenvalue weighted by Crippen LogP contribution is -2.14. The third-order valence-electron chi connectivity index (χ3n) is 12.4. The van der Waals surface area contributed by atoms with Crippen LogP contribution in [-0.4, -0.2) is 9.13 Å². The molecule has 3 heterocycles. The van der Waals surface area contributed by atoms with E-state index in [0.29, 0.717) is 0 Å². The molecular formula is C51H36N2O. The van der Waals surface area contributed by atoms with Crippen LogP contribution in [0.25, 0.3) is 99.2 Å². The third-order valence-corrected chi connectivity index (χ3v) is 12.4. The topological polar surface area (TPSA) is 23.0 Å². The molecule has 0 atom stereocenters. The summed E-state index contributed by atoms with van der Waals surface area (Å²) < 4.78 is 11.6. The number of fused-ring (bicyclic) bond motifs is 14. The van der Waals surface area contributed by atoms with Crippen molar-refractivity contribution in [3.8, 4) is 27.9 Å². The first-order chi connectivity index (χ1) is 26.6. The number of aromatic nitrogens is 2. The van der Waals surface area contributed by atoms with Crippen molar-refractivity contribution in [2.75, 3.05) is 0 Å². The monoisotopic (exact) mass is 692 g/mol. The fourth-order valence-corrected chi connectivity index (χ4v) is 9.89. The summed E-state index contributed by atoms with van der Waals surface area (Å²) in [6.07, 6.45) is 8.77. The molecule has 0 aliphatic heterocycles. The smallest absolute Gasteiger partial charge is 0.145 e. The molecule has 0 saturated carbocycles. The predicted molar refractivity (Wildman–Crippen MR) is 227 cm³/mol. The van der Waals surface area contributed by atoms with Gasteiger partial charge in [-0.1, -0.05) is 111 Å². The second-order valence-corrected chi connectivity index (χ2v) is 15.6. The molecule has 0 saturated heterocycles. The molecular weight excluding hydrogens is 657 g/mol. The van der Waals surface area contributed by atoms with Gasteiger partial charge >= 0.3 is 0 Å². The van der Waals surface area contributed by atoms with Crippen molar-refractivity contribution < 1.29 is 4.42 Å². The molecule has 0 N–H and O–H groups in total. The van der Waals surface area contributed by atoms with Gasteiger partial charge in [0.1, 0.15) is 11.2 Å². The van der Waals surface area contributed by atoms with Crippen molar-refractivity contribution in [3.05, 3.63) is 169 Å². The average Bonchev–Trinajstić information content (AvgIpc) is 3.93. The second kappa shape index (κ2) is 10.7. The summed E-state index contributed by atoms with van der Waals surface area (Å²) in [4.78, 5) is 0. The summed E-state index contributed by atoms with van der Waals surface area (Å²) in [6.45, 7) is 4.74. The van der Waals surface area contributed by atoms with Gasteiger partial charge in [-0.3, -0.25) is 0 Å². The van der Waals surface area contributed by atoms with Crippen LogP contribution in [0.15, 0.2) is 162 Å². The van der Waals surface area contributed by atoms with Crippen LogP contribution in [0.4, 0.5) is 0 Å². The maximum Gasteiger partial charge on any atom is 0.145 e. The first kappa shape index (κ1) is 29.9. The minimum Gasteiger partial charge on any atom is -0.455 e. The molecule has 3 nitrogen and oxygen atoms in total. The molecule has 0 bridgehead atoms. The Kier molecular flexibility index (Phi) is 5.96. The lowest BCUT2D eigenvalue weighted by molar-refractivity contribution is 0.661. The van der Waals surface area contributed by atoms with Crippen LogP contribution in [-0.2, 0) is 5.41 Å². The normalized spacial score (nSPS) is 14.9. The molecule has 0 amide bonds. The highest BCUT2D eigenvalue weighted by atomic mass is 16.3. The molecule has 2 aliphatic carbocycles. The van der Waals surface area contributed by atoms with Crippen molar-refractivity contribution in [2.24, 2.45) is 0 Å². The first-order valence-corrected chi connectivity index (χ1v) is 19.1. The minimum absolute atomic E-state index is 0.0778. The summed E-state index contributed by atoms with van der Waals surface area (Å²) in [5.74, 6) is 0. The molecule has 0 fully saturated rings. The minimum atomic E-state index is -0.0778. The number of hydrogen-bond donors (Lipinski definition) is 0. The van der Waals surface area contributed by atoms with Crippen LogP contribution >= 0.6 is 0 Å². The molecule has 7 aromatic carbocycles. The van der Waals surface area contributed by atoms with Gasteiger partial charge in [-0.05, 0) is 107 Å². The number of rotatable bonds is 3. The van der Waals surface area contributed by atoms with E-state index in [0.717, 1.165) is 34.8 Å². The number of para-hydroxylation sites is 2. The maximum atomic E-state index is 6.64. The van der Waals surface area contributed by atoms with Crippen LogP contribution in [0, 0.1) is 0 Å². The van der Waals surface area contributed by atoms with Gasteiger partial charge in [0.25, 0.3) is 0 Å². The lowest BCUT2D eigenvalue weighted by atomic mass is 9.82. The molecule has 3 aromatic heterocycles. The number of allylic oxidation sites excluding steroid dienone is 4. The molecule has 10 aromatic rings. The van der Waals surface area contributed by atoms with E-state index in [1.165, 1.54) is 88.4 Å². The van der Waals surface area contributed by atoms with Gasteiger partial charge in [0.2, 0.25) is 0 Å². The van der Waals surface area contributed by atoms with E-state index >= 15 is 0 Å². The Morgan fingerprint density at radius 1 is 0.556 bits per heavy atom. The Morgan fingerprint density at radius 2 is 1.30 bits per heavy atom. The standard InChI is InChI=1S/C51H36N2O/c1-51(2)40-19-11-9-18-37(40)47-41(51)25-28-43-48(47)39-29-31(22-26-42(39)52(43)33-13-5-3-6-14-33)32-21-23-38-45(30-32)53(34-15-7-4-8-16-34)44-27-24-36-35-17-10-12-20-46(35)54-50(36)49(38)44/h3-7,9-15,17-30H,8,16H2,1-2H3. The average molecular weight is 693 g/mol. The highest BCUT2D eigenvalue weighted by Gasteiger charge is 2.37. The number of hydrogen-bond acceptors (Lipinski definition) is 1. The van der Waals surface area contributed by atoms with E-state index in [4.69, 9.17) is 4.42 Å². The Balaban J connectivity index is 1.15. The highest BCUT2D eigenvalue weighted by molar-refractivity contribution is 6.25. The lowest BCUT2D eigenvalue weighted by Gasteiger charge is -2.21. The quantitative estimate of drug-likeness (QED) is 0.181. The zero-order chi connectivity index (χ0) is 35.7. The maximum absolute atomic E-state index is 6.64. The zero-order valence-electron chi connectivity index (χ0n) is 30.2. The van der Waals surface area contributed by atoms with E-state index in [9.17, 15) is 0 Å². The Hall–Kier alpha value is -6.58. The van der Waals surface area contributed by atoms with E-state index in [1.807, 2.05) is 0 Å². The Morgan fingerprint density at radius 3 is 2.19 bits per heavy atom. The first-order valence-electron chi connectivity index (χ1n) is 19.1. The fourth-order valence-electron chi connectivity index (χ4n) is 9.89. The highest BCUT2D eigenvalue weighted by Crippen LogP contribution is 2.53. The number of nitrogens with zero attached hydrogens (tertiary/aromatic N) is 2. The van der Waals surface area contributed by atoms with Gasteiger partial charge in [0.05, 0.1) is 27.5 Å². The summed E-state index contributed by atoms with van der Waals surface area (Å²) in [7, 11) is 0. The van der Waals surface area contributed by atoms with Crippen molar-refractivity contribution >= 4 is 71.2 Å². The van der Waals surface area contributed by atoms with E-state index < -0.39 is 0 Å². The molecule has 0 spiro atoms. The number of benzene rings is 7. The van der Waals surface area contributed by atoms with Crippen LogP contribution in [0.5, 0.6) is 0 Å². The third kappa shape index (κ3) is 3.91. The molecule has 0 radical (unpaired) electrons. The van der Waals surface area contributed by atoms with Crippen molar-refractivity contribution in [2.45, 2.75) is 32.1 Å². The van der Waals surface area contributed by atoms with Crippen LogP contribution in [0.2, 0.25) is 0 Å². The summed E-state index contributed by atoms with van der Waals surface area (Å²) >= 11 is 0. The van der Waals surface area contributed by atoms with Crippen LogP contribution < -0.4 is 0 Å². The zero-order valence-corrected chi connectivity index (χ0v) is 30.2. The van der Waals surface area contributed by atoms with E-state index in [2.05, 4.69) is 181 Å². The molecule has 12 rings (SSSR count). The Labute approximate surface area is 312 Å². The van der Waals surface area contributed by atoms with Crippen molar-refractivity contribution in [3.63, 3.8) is 0 Å². The molecule has 54 heavy (non-hydrogen) atoms. The van der Waals surface area contributed by atoms with Gasteiger partial charge in [0.15, 0.2) is 0 Å². The van der Waals surface area contributed by atoms with Gasteiger partial charge in [-0.2, -0.15) is 0 Å². The summed E-state index contributed by atoms with van der Waals surface area (Å²) in [5, 5.41) is 7.32. The largest absolute Gasteiger partial charge is 0.455 e. The van der Waals surface area contributed by atoms with Crippen LogP contribution in [0.1, 0.15) is 37.8 Å². The van der Waals surface area contributed by atoms with Crippen molar-refractivity contribution in [1.82, 2.24) is 9.13 Å². The van der Waals surface area contributed by atoms with Gasteiger partial charge in [-0.25, -0.2) is 0 Å². The van der Waals surface area contributed by atoms with E-state index in [1.54, 1.807) is 0 Å². The van der Waals surface area contributed by atoms with E-state index in [-0.39, 0.29) is 5.41 Å². The fraction of sp³-hybridized carbons (Fsp3) is 0.0980. The predicted octanol–water partition coefficient (Wildman–Crippen LogP) is 14.0. The number of furan rings is 1.